The Morgan fingerprint density at radius 3 is 2.37 bits per heavy atom. The van der Waals surface area contributed by atoms with Crippen molar-refractivity contribution in [3.63, 3.8) is 0 Å². The van der Waals surface area contributed by atoms with Crippen molar-refractivity contribution >= 4 is 5.97 Å². The molecule has 0 amide bonds. The van der Waals surface area contributed by atoms with E-state index in [0.717, 1.165) is 16.9 Å². The summed E-state index contributed by atoms with van der Waals surface area (Å²) in [6.07, 6.45) is 0. The van der Waals surface area contributed by atoms with Crippen molar-refractivity contribution in [3.8, 4) is 22.6 Å². The molecule has 2 rings (SSSR count). The third-order valence-corrected chi connectivity index (χ3v) is 2.84. The fraction of sp³-hybridized carbons (Fsp3) is 0.133. The highest BCUT2D eigenvalue weighted by Gasteiger charge is 2.12. The number of hydrogen-bond acceptors (Lipinski definition) is 3. The standard InChI is InChI=1S/C15H14O4/c1-18-12-5-3-4-10(8-12)11-6-7-13(15(16)17)14(9-11)19-2/h3-9H,1-2H3,(H,16,17). The maximum atomic E-state index is 11.0. The lowest BCUT2D eigenvalue weighted by molar-refractivity contribution is 0.0693. The van der Waals surface area contributed by atoms with Crippen molar-refractivity contribution in [2.45, 2.75) is 0 Å². The van der Waals surface area contributed by atoms with Gasteiger partial charge in [-0.3, -0.25) is 0 Å². The Labute approximate surface area is 111 Å². The summed E-state index contributed by atoms with van der Waals surface area (Å²) >= 11 is 0. The van der Waals surface area contributed by atoms with Gasteiger partial charge in [-0.1, -0.05) is 18.2 Å². The molecule has 0 saturated heterocycles. The average molecular weight is 258 g/mol. The molecule has 4 heteroatoms. The Bertz CT molecular complexity index is 605. The van der Waals surface area contributed by atoms with Gasteiger partial charge in [0, 0.05) is 0 Å². The Morgan fingerprint density at radius 2 is 1.74 bits per heavy atom. The van der Waals surface area contributed by atoms with E-state index >= 15 is 0 Å². The maximum Gasteiger partial charge on any atom is 0.339 e. The van der Waals surface area contributed by atoms with Crippen LogP contribution in [0.2, 0.25) is 0 Å². The minimum absolute atomic E-state index is 0.147. The van der Waals surface area contributed by atoms with Gasteiger partial charge in [-0.25, -0.2) is 4.79 Å². The number of benzene rings is 2. The van der Waals surface area contributed by atoms with Gasteiger partial charge in [0.25, 0.3) is 0 Å². The van der Waals surface area contributed by atoms with Crippen LogP contribution in [0.15, 0.2) is 42.5 Å². The molecule has 0 aliphatic rings. The van der Waals surface area contributed by atoms with E-state index in [0.29, 0.717) is 5.75 Å². The van der Waals surface area contributed by atoms with Gasteiger partial charge in [0.15, 0.2) is 0 Å². The zero-order valence-corrected chi connectivity index (χ0v) is 10.7. The number of rotatable bonds is 4. The van der Waals surface area contributed by atoms with Crippen molar-refractivity contribution in [1.82, 2.24) is 0 Å². The molecule has 2 aromatic carbocycles. The van der Waals surface area contributed by atoms with Gasteiger partial charge in [-0.2, -0.15) is 0 Å². The van der Waals surface area contributed by atoms with Crippen molar-refractivity contribution in [1.29, 1.82) is 0 Å². The second-order valence-corrected chi connectivity index (χ2v) is 3.95. The topological polar surface area (TPSA) is 55.8 Å². The lowest BCUT2D eigenvalue weighted by Gasteiger charge is -2.09. The Morgan fingerprint density at radius 1 is 1.00 bits per heavy atom. The van der Waals surface area contributed by atoms with E-state index in [2.05, 4.69) is 0 Å². The minimum Gasteiger partial charge on any atom is -0.497 e. The monoisotopic (exact) mass is 258 g/mol. The summed E-state index contributed by atoms with van der Waals surface area (Å²) in [4.78, 5) is 11.0. The van der Waals surface area contributed by atoms with E-state index in [-0.39, 0.29) is 5.56 Å². The van der Waals surface area contributed by atoms with Gasteiger partial charge in [-0.15, -0.1) is 0 Å². The van der Waals surface area contributed by atoms with E-state index in [9.17, 15) is 4.79 Å². The first-order valence-electron chi connectivity index (χ1n) is 5.71. The van der Waals surface area contributed by atoms with Crippen LogP contribution in [0.25, 0.3) is 11.1 Å². The number of methoxy groups -OCH3 is 2. The lowest BCUT2D eigenvalue weighted by atomic mass is 10.0. The van der Waals surface area contributed by atoms with Gasteiger partial charge in [0.05, 0.1) is 14.2 Å². The van der Waals surface area contributed by atoms with Crippen molar-refractivity contribution in [2.75, 3.05) is 14.2 Å². The highest BCUT2D eigenvalue weighted by Crippen LogP contribution is 2.29. The van der Waals surface area contributed by atoms with Crippen LogP contribution in [0.5, 0.6) is 11.5 Å². The summed E-state index contributed by atoms with van der Waals surface area (Å²) in [6, 6.07) is 12.5. The first-order chi connectivity index (χ1) is 9.15. The first-order valence-corrected chi connectivity index (χ1v) is 5.71. The second kappa shape index (κ2) is 5.44. The summed E-state index contributed by atoms with van der Waals surface area (Å²) in [7, 11) is 3.06. The zero-order valence-electron chi connectivity index (χ0n) is 10.7. The van der Waals surface area contributed by atoms with E-state index < -0.39 is 5.97 Å². The summed E-state index contributed by atoms with van der Waals surface area (Å²) in [5.41, 5.74) is 1.96. The predicted molar refractivity (Wildman–Crippen MR) is 71.9 cm³/mol. The van der Waals surface area contributed by atoms with Crippen LogP contribution in [-0.4, -0.2) is 25.3 Å². The Hall–Kier alpha value is -2.49. The molecule has 0 heterocycles. The number of carboxylic acids is 1. The molecular weight excluding hydrogens is 244 g/mol. The number of carbonyl (C=O) groups is 1. The van der Waals surface area contributed by atoms with E-state index in [1.165, 1.54) is 13.2 Å². The van der Waals surface area contributed by atoms with Crippen LogP contribution in [0.1, 0.15) is 10.4 Å². The summed E-state index contributed by atoms with van der Waals surface area (Å²) < 4.78 is 10.3. The summed E-state index contributed by atoms with van der Waals surface area (Å²) in [5.74, 6) is 0.0839. The number of carboxylic acid groups (broad SMARTS) is 1. The predicted octanol–water partition coefficient (Wildman–Crippen LogP) is 3.07. The highest BCUT2D eigenvalue weighted by molar-refractivity contribution is 5.92. The molecule has 1 N–H and O–H groups in total. The van der Waals surface area contributed by atoms with Crippen molar-refractivity contribution in [2.24, 2.45) is 0 Å². The molecule has 0 radical (unpaired) electrons. The van der Waals surface area contributed by atoms with Gasteiger partial charge >= 0.3 is 5.97 Å². The van der Waals surface area contributed by atoms with Gasteiger partial charge in [0.1, 0.15) is 17.1 Å². The van der Waals surface area contributed by atoms with Crippen LogP contribution in [0.3, 0.4) is 0 Å². The zero-order chi connectivity index (χ0) is 13.8. The molecule has 0 saturated carbocycles. The molecule has 98 valence electrons. The van der Waals surface area contributed by atoms with E-state index in [1.54, 1.807) is 19.2 Å². The SMILES string of the molecule is COc1cccc(-c2ccc(C(=O)O)c(OC)c2)c1. The summed E-state index contributed by atoms with van der Waals surface area (Å²) in [5, 5.41) is 9.04. The molecule has 0 spiro atoms. The number of hydrogen-bond donors (Lipinski definition) is 1. The molecule has 0 aliphatic carbocycles. The smallest absolute Gasteiger partial charge is 0.339 e. The molecule has 0 aromatic heterocycles. The van der Waals surface area contributed by atoms with Crippen LogP contribution >= 0.6 is 0 Å². The molecule has 19 heavy (non-hydrogen) atoms. The minimum atomic E-state index is -1.01. The maximum absolute atomic E-state index is 11.0. The fourth-order valence-electron chi connectivity index (χ4n) is 1.85. The fourth-order valence-corrected chi connectivity index (χ4v) is 1.85. The molecular formula is C15H14O4. The highest BCUT2D eigenvalue weighted by atomic mass is 16.5. The Balaban J connectivity index is 2.48. The molecule has 0 aliphatic heterocycles. The van der Waals surface area contributed by atoms with Crippen LogP contribution in [0, 0.1) is 0 Å². The molecule has 0 fully saturated rings. The van der Waals surface area contributed by atoms with Gasteiger partial charge in [-0.05, 0) is 35.4 Å². The van der Waals surface area contributed by atoms with E-state index in [4.69, 9.17) is 14.6 Å². The van der Waals surface area contributed by atoms with Crippen molar-refractivity contribution in [3.05, 3.63) is 48.0 Å². The number of aromatic carboxylic acids is 1. The third-order valence-electron chi connectivity index (χ3n) is 2.84. The van der Waals surface area contributed by atoms with Crippen LogP contribution < -0.4 is 9.47 Å². The molecule has 0 unspecified atom stereocenters. The molecule has 2 aromatic rings. The van der Waals surface area contributed by atoms with Crippen LogP contribution in [0.4, 0.5) is 0 Å². The van der Waals surface area contributed by atoms with Gasteiger partial charge in [0.2, 0.25) is 0 Å². The van der Waals surface area contributed by atoms with Gasteiger partial charge < -0.3 is 14.6 Å². The van der Waals surface area contributed by atoms with E-state index in [1.807, 2.05) is 24.3 Å². The van der Waals surface area contributed by atoms with Crippen LogP contribution in [-0.2, 0) is 0 Å². The summed E-state index contributed by atoms with van der Waals surface area (Å²) in [6.45, 7) is 0. The quantitative estimate of drug-likeness (QED) is 0.915. The molecule has 4 nitrogen and oxygen atoms in total. The normalized spacial score (nSPS) is 10.0. The molecule has 0 atom stereocenters. The average Bonchev–Trinajstić information content (AvgIpc) is 2.46. The Kier molecular flexibility index (Phi) is 3.71. The molecule has 0 bridgehead atoms. The third kappa shape index (κ3) is 2.68. The largest absolute Gasteiger partial charge is 0.497 e. The number of ether oxygens (including phenoxy) is 2. The lowest BCUT2D eigenvalue weighted by Crippen LogP contribution is -2.00. The van der Waals surface area contributed by atoms with Crippen molar-refractivity contribution < 1.29 is 19.4 Å². The first kappa shape index (κ1) is 13.0. The second-order valence-electron chi connectivity index (χ2n) is 3.95.